The van der Waals surface area contributed by atoms with Gasteiger partial charge in [-0.3, -0.25) is 0 Å². The molecule has 142 valence electrons. The summed E-state index contributed by atoms with van der Waals surface area (Å²) in [5, 5.41) is 7.64. The fourth-order valence-corrected chi connectivity index (χ4v) is 3.78. The van der Waals surface area contributed by atoms with Crippen LogP contribution in [0.1, 0.15) is 29.3 Å². The number of halogens is 1. The van der Waals surface area contributed by atoms with Gasteiger partial charge in [0.2, 0.25) is 0 Å². The molecule has 0 unspecified atom stereocenters. The minimum absolute atomic E-state index is 0.520. The molecule has 0 aliphatic carbocycles. The number of benzene rings is 1. The molecule has 1 aromatic carbocycles. The van der Waals surface area contributed by atoms with E-state index < -0.39 is 0 Å². The average molecular weight is 441 g/mol. The first-order chi connectivity index (χ1) is 12.6. The van der Waals surface area contributed by atoms with Gasteiger partial charge in [0.05, 0.1) is 31.8 Å². The Morgan fingerprint density at radius 2 is 2.04 bits per heavy atom. The Labute approximate surface area is 167 Å². The van der Waals surface area contributed by atoms with Crippen LogP contribution in [0.25, 0.3) is 0 Å². The van der Waals surface area contributed by atoms with Crippen LogP contribution in [0, 0.1) is 0 Å². The number of methoxy groups -OCH3 is 2. The SMILES string of the molecule is CCNC(=NCc1cc(Br)c(OC)c(OC)c1)NCc1ncc(CC)s1. The third kappa shape index (κ3) is 5.60. The predicted octanol–water partition coefficient (Wildman–Crippen LogP) is 3.74. The molecular formula is C18H25BrN4O2S. The molecule has 2 N–H and O–H groups in total. The maximum atomic E-state index is 5.39. The molecule has 0 saturated carbocycles. The van der Waals surface area contributed by atoms with Gasteiger partial charge in [0.25, 0.3) is 0 Å². The molecule has 2 aromatic rings. The van der Waals surface area contributed by atoms with E-state index in [-0.39, 0.29) is 0 Å². The van der Waals surface area contributed by atoms with Crippen LogP contribution in [0.15, 0.2) is 27.8 Å². The van der Waals surface area contributed by atoms with Crippen molar-refractivity contribution in [1.82, 2.24) is 15.6 Å². The van der Waals surface area contributed by atoms with E-state index in [1.807, 2.05) is 25.3 Å². The van der Waals surface area contributed by atoms with E-state index >= 15 is 0 Å². The summed E-state index contributed by atoms with van der Waals surface area (Å²) >= 11 is 5.24. The zero-order chi connectivity index (χ0) is 18.9. The molecule has 0 fully saturated rings. The van der Waals surface area contributed by atoms with Crippen molar-refractivity contribution in [2.24, 2.45) is 4.99 Å². The Balaban J connectivity index is 2.07. The van der Waals surface area contributed by atoms with Crippen molar-refractivity contribution in [2.45, 2.75) is 33.4 Å². The van der Waals surface area contributed by atoms with Gasteiger partial charge in [-0.2, -0.15) is 0 Å². The number of thiazole rings is 1. The monoisotopic (exact) mass is 440 g/mol. The van der Waals surface area contributed by atoms with E-state index in [4.69, 9.17) is 9.47 Å². The summed E-state index contributed by atoms with van der Waals surface area (Å²) in [6.45, 7) is 6.15. The number of ether oxygens (including phenoxy) is 2. The first kappa shape index (κ1) is 20.5. The van der Waals surface area contributed by atoms with Crippen molar-refractivity contribution >= 4 is 33.2 Å². The highest BCUT2D eigenvalue weighted by Crippen LogP contribution is 2.36. The quantitative estimate of drug-likeness (QED) is 0.483. The second kappa shape index (κ2) is 10.4. The first-order valence-corrected chi connectivity index (χ1v) is 10.1. The summed E-state index contributed by atoms with van der Waals surface area (Å²) in [4.78, 5) is 10.4. The molecule has 0 atom stereocenters. The van der Waals surface area contributed by atoms with Crippen LogP contribution < -0.4 is 20.1 Å². The van der Waals surface area contributed by atoms with Gasteiger partial charge in [0.1, 0.15) is 5.01 Å². The van der Waals surface area contributed by atoms with Gasteiger partial charge in [-0.1, -0.05) is 6.92 Å². The Hall–Kier alpha value is -1.80. The van der Waals surface area contributed by atoms with E-state index in [1.54, 1.807) is 25.6 Å². The summed E-state index contributed by atoms with van der Waals surface area (Å²) in [6.07, 6.45) is 2.95. The van der Waals surface area contributed by atoms with Gasteiger partial charge >= 0.3 is 0 Å². The Morgan fingerprint density at radius 3 is 2.65 bits per heavy atom. The molecule has 0 aliphatic rings. The van der Waals surface area contributed by atoms with Gasteiger partial charge < -0.3 is 20.1 Å². The van der Waals surface area contributed by atoms with Gasteiger partial charge in [-0.25, -0.2) is 9.98 Å². The topological polar surface area (TPSA) is 67.8 Å². The van der Waals surface area contributed by atoms with Gasteiger partial charge in [-0.15, -0.1) is 11.3 Å². The van der Waals surface area contributed by atoms with Crippen LogP contribution in [0.4, 0.5) is 0 Å². The molecule has 0 bridgehead atoms. The summed E-state index contributed by atoms with van der Waals surface area (Å²) in [5.41, 5.74) is 1.02. The molecular weight excluding hydrogens is 416 g/mol. The fourth-order valence-electron chi connectivity index (χ4n) is 2.33. The third-order valence-corrected chi connectivity index (χ3v) is 5.34. The largest absolute Gasteiger partial charge is 0.493 e. The molecule has 0 radical (unpaired) electrons. The van der Waals surface area contributed by atoms with Gasteiger partial charge in [-0.05, 0) is 47.0 Å². The molecule has 0 spiro atoms. The predicted molar refractivity (Wildman–Crippen MR) is 110 cm³/mol. The summed E-state index contributed by atoms with van der Waals surface area (Å²) in [6, 6.07) is 3.92. The minimum atomic E-state index is 0.520. The smallest absolute Gasteiger partial charge is 0.191 e. The molecule has 6 nitrogen and oxygen atoms in total. The van der Waals surface area contributed by atoms with Gasteiger partial charge in [0, 0.05) is 17.6 Å². The van der Waals surface area contributed by atoms with Crippen LogP contribution >= 0.6 is 27.3 Å². The number of hydrogen-bond acceptors (Lipinski definition) is 5. The van der Waals surface area contributed by atoms with E-state index in [0.717, 1.165) is 34.0 Å². The minimum Gasteiger partial charge on any atom is -0.493 e. The number of nitrogens with one attached hydrogen (secondary N) is 2. The third-order valence-electron chi connectivity index (χ3n) is 3.61. The summed E-state index contributed by atoms with van der Waals surface area (Å²) < 4.78 is 11.6. The Kier molecular flexibility index (Phi) is 8.18. The van der Waals surface area contributed by atoms with Gasteiger partial charge in [0.15, 0.2) is 17.5 Å². The van der Waals surface area contributed by atoms with E-state index in [0.29, 0.717) is 24.6 Å². The number of aliphatic imine (C=N–C) groups is 1. The van der Waals surface area contributed by atoms with Crippen molar-refractivity contribution in [3.8, 4) is 11.5 Å². The van der Waals surface area contributed by atoms with Crippen LogP contribution in [0.3, 0.4) is 0 Å². The molecule has 8 heteroatoms. The van der Waals surface area contributed by atoms with E-state index in [9.17, 15) is 0 Å². The van der Waals surface area contributed by atoms with Crippen LogP contribution in [0.5, 0.6) is 11.5 Å². The zero-order valence-electron chi connectivity index (χ0n) is 15.6. The number of hydrogen-bond donors (Lipinski definition) is 2. The van der Waals surface area contributed by atoms with Crippen molar-refractivity contribution < 1.29 is 9.47 Å². The molecule has 2 rings (SSSR count). The van der Waals surface area contributed by atoms with E-state index in [2.05, 4.69) is 43.5 Å². The number of guanidine groups is 1. The molecule has 0 amide bonds. The van der Waals surface area contributed by atoms with Crippen LogP contribution in [-0.2, 0) is 19.5 Å². The molecule has 1 heterocycles. The highest BCUT2D eigenvalue weighted by molar-refractivity contribution is 9.10. The number of nitrogens with zero attached hydrogens (tertiary/aromatic N) is 2. The van der Waals surface area contributed by atoms with Crippen LogP contribution in [-0.4, -0.2) is 31.7 Å². The lowest BCUT2D eigenvalue weighted by Gasteiger charge is -2.12. The highest BCUT2D eigenvalue weighted by atomic mass is 79.9. The van der Waals surface area contributed by atoms with Crippen molar-refractivity contribution in [1.29, 1.82) is 0 Å². The lowest BCUT2D eigenvalue weighted by atomic mass is 10.2. The van der Waals surface area contributed by atoms with Crippen molar-refractivity contribution in [3.05, 3.63) is 38.3 Å². The number of rotatable bonds is 8. The fraction of sp³-hybridized carbons (Fsp3) is 0.444. The number of aromatic nitrogens is 1. The number of aryl methyl sites for hydroxylation is 1. The standard InChI is InChI=1S/C18H25BrN4O2S/c1-5-13-10-21-16(26-13)11-23-18(20-6-2)22-9-12-7-14(19)17(25-4)15(8-12)24-3/h7-8,10H,5-6,9,11H2,1-4H3,(H2,20,22,23). The zero-order valence-corrected chi connectivity index (χ0v) is 18.0. The van der Waals surface area contributed by atoms with Crippen molar-refractivity contribution in [3.63, 3.8) is 0 Å². The van der Waals surface area contributed by atoms with Crippen LogP contribution in [0.2, 0.25) is 0 Å². The second-order valence-electron chi connectivity index (χ2n) is 5.44. The normalized spacial score (nSPS) is 11.3. The molecule has 26 heavy (non-hydrogen) atoms. The first-order valence-electron chi connectivity index (χ1n) is 8.47. The lowest BCUT2D eigenvalue weighted by molar-refractivity contribution is 0.352. The average Bonchev–Trinajstić information content (AvgIpc) is 3.11. The summed E-state index contributed by atoms with van der Waals surface area (Å²) in [5.74, 6) is 2.12. The second-order valence-corrected chi connectivity index (χ2v) is 7.49. The summed E-state index contributed by atoms with van der Waals surface area (Å²) in [7, 11) is 3.25. The Bertz CT molecular complexity index is 749. The van der Waals surface area contributed by atoms with E-state index in [1.165, 1.54) is 4.88 Å². The maximum Gasteiger partial charge on any atom is 0.191 e. The Morgan fingerprint density at radius 1 is 1.23 bits per heavy atom. The lowest BCUT2D eigenvalue weighted by Crippen LogP contribution is -2.36. The molecule has 1 aromatic heterocycles. The highest BCUT2D eigenvalue weighted by Gasteiger charge is 2.10. The molecule has 0 aliphatic heterocycles. The van der Waals surface area contributed by atoms with Crippen molar-refractivity contribution in [2.75, 3.05) is 20.8 Å². The maximum absolute atomic E-state index is 5.39. The molecule has 0 saturated heterocycles.